The van der Waals surface area contributed by atoms with Gasteiger partial charge in [-0.25, -0.2) is 57.5 Å². The summed E-state index contributed by atoms with van der Waals surface area (Å²) in [6, 6.07) is -1.37. The van der Waals surface area contributed by atoms with E-state index in [1.165, 1.54) is 41.5 Å². The Hall–Kier alpha value is -3.22. The Morgan fingerprint density at radius 1 is 0.500 bits per heavy atom. The number of hydrogen-bond acceptors (Lipinski definition) is 2. The highest BCUT2D eigenvalue weighted by Crippen LogP contribution is 2.71. The van der Waals surface area contributed by atoms with Crippen molar-refractivity contribution in [3.8, 4) is 0 Å². The van der Waals surface area contributed by atoms with Crippen LogP contribution >= 0.6 is 7.26 Å². The fourth-order valence-corrected chi connectivity index (χ4v) is 11.3. The van der Waals surface area contributed by atoms with E-state index < -0.39 is 141 Å². The van der Waals surface area contributed by atoms with Gasteiger partial charge < -0.3 is 4.65 Å². The molecule has 0 atom stereocenters. The van der Waals surface area contributed by atoms with Crippen molar-refractivity contribution in [1.82, 2.24) is 0 Å². The molecule has 0 radical (unpaired) electrons. The van der Waals surface area contributed by atoms with Gasteiger partial charge in [-0.15, -0.1) is 0 Å². The minimum Gasteiger partial charge on any atom is -0.646 e. The van der Waals surface area contributed by atoms with Crippen LogP contribution in [0.2, 0.25) is 0 Å². The van der Waals surface area contributed by atoms with Crippen LogP contribution in [0.25, 0.3) is 0 Å². The van der Waals surface area contributed by atoms with Crippen LogP contribution in [-0.2, 0) is 4.65 Å². The summed E-state index contributed by atoms with van der Waals surface area (Å²) in [6.07, 6.45) is -5.89. The molecule has 0 fully saturated rings. The van der Waals surface area contributed by atoms with E-state index in [0.717, 1.165) is 0 Å². The molecule has 3 rings (SSSR count). The molecule has 0 bridgehead atoms. The number of carbonyl (C=O) groups excluding carboxylic acids is 1. The highest BCUT2D eigenvalue weighted by atomic mass is 31.2. The number of carbonyl (C=O) groups is 1. The predicted octanol–water partition coefficient (Wildman–Crippen LogP) is 7.70. The zero-order valence-corrected chi connectivity index (χ0v) is 24.7. The van der Waals surface area contributed by atoms with Crippen molar-refractivity contribution in [3.63, 3.8) is 0 Å². The van der Waals surface area contributed by atoms with E-state index in [1.807, 2.05) is 0 Å². The normalized spacial score (nSPS) is 12.6. The Labute approximate surface area is 244 Å². The topological polar surface area (TPSA) is 26.3 Å². The van der Waals surface area contributed by atoms with E-state index in [9.17, 15) is 31.1 Å². The molecule has 16 heteroatoms. The molecule has 3 aromatic carbocycles. The average molecular weight is 662 g/mol. The predicted molar refractivity (Wildman–Crippen MR) is 142 cm³/mol. The molecule has 0 spiro atoms. The minimum absolute atomic E-state index is 0.456. The molecule has 0 saturated carbocycles. The van der Waals surface area contributed by atoms with E-state index in [2.05, 4.69) is 0 Å². The van der Waals surface area contributed by atoms with Crippen LogP contribution < -0.4 is 16.4 Å². The zero-order chi connectivity index (χ0) is 33.8. The van der Waals surface area contributed by atoms with Crippen molar-refractivity contribution in [2.75, 3.05) is 0 Å². The number of halogens is 12. The molecular formula is C28H24BF12O2P. The summed E-state index contributed by atoms with van der Waals surface area (Å²) in [5, 5.41) is 0. The molecule has 44 heavy (non-hydrogen) atoms. The number of rotatable bonds is 8. The largest absolute Gasteiger partial charge is 0.646 e. The van der Waals surface area contributed by atoms with Gasteiger partial charge in [0.25, 0.3) is 6.35 Å². The van der Waals surface area contributed by atoms with Crippen molar-refractivity contribution in [3.05, 3.63) is 88.0 Å². The molecule has 0 unspecified atom stereocenters. The summed E-state index contributed by atoms with van der Waals surface area (Å²) in [5.41, 5.74) is -11.6. The third-order valence-electron chi connectivity index (χ3n) is 7.81. The fourth-order valence-electron chi connectivity index (χ4n) is 6.12. The molecule has 240 valence electrons. The van der Waals surface area contributed by atoms with Crippen LogP contribution in [0.15, 0.2) is 18.2 Å². The van der Waals surface area contributed by atoms with Crippen LogP contribution in [0.1, 0.15) is 41.5 Å². The van der Waals surface area contributed by atoms with E-state index in [4.69, 9.17) is 4.65 Å². The Bertz CT molecular complexity index is 1390. The lowest BCUT2D eigenvalue weighted by atomic mass is 9.27. The van der Waals surface area contributed by atoms with Gasteiger partial charge in [0.15, 0.2) is 34.9 Å². The molecule has 0 saturated heterocycles. The standard InChI is InChI=1S/C28H24BF12O2P/c1-10(2)44(11(3)4,12(5)6)28(42)43-29(19-22(36)13(30)7-14(31)23(19)37,20-24(38)15(32)8-16(33)25(20)39)21-26(40)17(34)9-18(35)27(21)41/h7-12H,1-6H3. The fraction of sp³-hybridized carbons (Fsp3) is 0.321. The van der Waals surface area contributed by atoms with Crippen molar-refractivity contribution >= 4 is 35.7 Å². The summed E-state index contributed by atoms with van der Waals surface area (Å²) in [4.78, 5) is 14.2. The Morgan fingerprint density at radius 3 is 0.886 bits per heavy atom. The van der Waals surface area contributed by atoms with Crippen molar-refractivity contribution in [2.45, 2.75) is 58.5 Å². The maximum atomic E-state index is 15.6. The molecule has 0 heterocycles. The van der Waals surface area contributed by atoms with Gasteiger partial charge in [0.1, 0.15) is 42.2 Å². The first-order valence-corrected chi connectivity index (χ1v) is 15.0. The SMILES string of the molecule is CC(C)[P+](C(=O)O[B-](c1c(F)c(F)cc(F)c1F)(c1c(F)c(F)cc(F)c1F)c1c(F)c(F)cc(F)c1F)(C(C)C)C(C)C. The first-order chi connectivity index (χ1) is 20.2. The van der Waals surface area contributed by atoms with Gasteiger partial charge in [-0.1, -0.05) is 16.4 Å². The quantitative estimate of drug-likeness (QED) is 0.107. The van der Waals surface area contributed by atoms with Gasteiger partial charge >= 0.3 is 5.71 Å². The lowest BCUT2D eigenvalue weighted by Crippen LogP contribution is -2.75. The molecule has 0 aliphatic rings. The van der Waals surface area contributed by atoms with Crippen molar-refractivity contribution < 1.29 is 62.1 Å². The molecular weight excluding hydrogens is 638 g/mol. The van der Waals surface area contributed by atoms with Crippen LogP contribution in [0.3, 0.4) is 0 Å². The Morgan fingerprint density at radius 2 is 0.705 bits per heavy atom. The molecule has 0 N–H and O–H groups in total. The van der Waals surface area contributed by atoms with Gasteiger partial charge in [0.2, 0.25) is 0 Å². The van der Waals surface area contributed by atoms with E-state index in [-0.39, 0.29) is 0 Å². The van der Waals surface area contributed by atoms with Crippen LogP contribution in [0.4, 0.5) is 57.5 Å². The van der Waals surface area contributed by atoms with Gasteiger partial charge in [-0.05, 0) is 41.5 Å². The van der Waals surface area contributed by atoms with Gasteiger partial charge in [-0.3, -0.25) is 0 Å². The van der Waals surface area contributed by atoms with E-state index in [0.29, 0.717) is 0 Å². The third kappa shape index (κ3) is 5.14. The summed E-state index contributed by atoms with van der Waals surface area (Å²) in [7, 11) is -3.57. The lowest BCUT2D eigenvalue weighted by Gasteiger charge is -2.46. The average Bonchev–Trinajstić information content (AvgIpc) is 2.89. The molecule has 0 aliphatic carbocycles. The lowest BCUT2D eigenvalue weighted by molar-refractivity contribution is 0.224. The number of benzene rings is 3. The van der Waals surface area contributed by atoms with Gasteiger partial charge in [-0.2, -0.15) is 0 Å². The van der Waals surface area contributed by atoms with Gasteiger partial charge in [0, 0.05) is 18.2 Å². The highest BCUT2D eigenvalue weighted by molar-refractivity contribution is 7.92. The van der Waals surface area contributed by atoms with Gasteiger partial charge in [0.05, 0.1) is 17.0 Å². The number of hydrogen-bond donors (Lipinski definition) is 0. The monoisotopic (exact) mass is 662 g/mol. The van der Waals surface area contributed by atoms with Crippen molar-refractivity contribution in [2.24, 2.45) is 0 Å². The molecule has 3 aromatic rings. The second-order valence-corrected chi connectivity index (χ2v) is 16.1. The summed E-state index contributed by atoms with van der Waals surface area (Å²) in [5.74, 6) is -30.7. The maximum absolute atomic E-state index is 15.6. The summed E-state index contributed by atoms with van der Waals surface area (Å²) in [6.45, 7) is 8.66. The van der Waals surface area contributed by atoms with Crippen molar-refractivity contribution in [1.29, 1.82) is 0 Å². The molecule has 0 amide bonds. The zero-order valence-electron chi connectivity index (χ0n) is 23.8. The maximum Gasteiger partial charge on any atom is 0.405 e. The molecule has 0 aliphatic heterocycles. The van der Waals surface area contributed by atoms with Crippen LogP contribution in [0.5, 0.6) is 0 Å². The Balaban J connectivity index is 2.86. The first kappa shape index (κ1) is 35.3. The van der Waals surface area contributed by atoms with E-state index >= 15 is 26.3 Å². The smallest absolute Gasteiger partial charge is 0.405 e. The van der Waals surface area contributed by atoms with Crippen LogP contribution in [0, 0.1) is 69.8 Å². The Kier molecular flexibility index (Phi) is 9.85. The first-order valence-electron chi connectivity index (χ1n) is 13.0. The molecule has 0 aromatic heterocycles. The third-order valence-corrected chi connectivity index (χ3v) is 13.7. The highest BCUT2D eigenvalue weighted by Gasteiger charge is 2.59. The van der Waals surface area contributed by atoms with E-state index in [1.54, 1.807) is 0 Å². The summed E-state index contributed by atoms with van der Waals surface area (Å²) < 4.78 is 187. The molecule has 2 nitrogen and oxygen atoms in total. The second-order valence-electron chi connectivity index (χ2n) is 10.9. The minimum atomic E-state index is -5.89. The second kappa shape index (κ2) is 12.3. The summed E-state index contributed by atoms with van der Waals surface area (Å²) >= 11 is 0. The van der Waals surface area contributed by atoms with Crippen LogP contribution in [-0.4, -0.2) is 29.0 Å².